The lowest BCUT2D eigenvalue weighted by Crippen LogP contribution is -2.41. The number of hydrogen-bond donors (Lipinski definition) is 0. The third-order valence-corrected chi connectivity index (χ3v) is 5.99. The van der Waals surface area contributed by atoms with Gasteiger partial charge in [0, 0.05) is 5.46 Å². The second-order valence-electron chi connectivity index (χ2n) is 8.34. The van der Waals surface area contributed by atoms with Gasteiger partial charge in [-0.3, -0.25) is 0 Å². The van der Waals surface area contributed by atoms with Crippen molar-refractivity contribution in [1.82, 2.24) is 0 Å². The molecule has 0 unspecified atom stereocenters. The molecule has 1 heterocycles. The van der Waals surface area contributed by atoms with Gasteiger partial charge in [-0.05, 0) is 63.6 Å². The molecule has 1 aliphatic carbocycles. The summed E-state index contributed by atoms with van der Waals surface area (Å²) in [6.07, 6.45) is 3.37. The molecule has 4 rings (SSSR count). The molecule has 0 saturated carbocycles. The van der Waals surface area contributed by atoms with Crippen molar-refractivity contribution in [2.75, 3.05) is 0 Å². The van der Waals surface area contributed by atoms with E-state index < -0.39 is 7.12 Å². The molecular weight excluding hydrogens is 323 g/mol. The molecule has 0 N–H and O–H groups in total. The Hall–Kier alpha value is -1.78. The summed E-state index contributed by atoms with van der Waals surface area (Å²) in [5, 5.41) is 0. The molecule has 1 saturated heterocycles. The fourth-order valence-electron chi connectivity index (χ4n) is 3.71. The van der Waals surface area contributed by atoms with E-state index in [9.17, 15) is 0 Å². The van der Waals surface area contributed by atoms with Crippen LogP contribution in [0.1, 0.15) is 50.8 Å². The zero-order valence-electron chi connectivity index (χ0n) is 16.2. The summed E-state index contributed by atoms with van der Waals surface area (Å²) in [5.41, 5.74) is 4.20. The van der Waals surface area contributed by atoms with Gasteiger partial charge in [0.15, 0.2) is 0 Å². The number of ether oxygens (including phenoxy) is 1. The first-order valence-electron chi connectivity index (χ1n) is 9.54. The maximum Gasteiger partial charge on any atom is 0.498 e. The van der Waals surface area contributed by atoms with Crippen molar-refractivity contribution in [3.8, 4) is 5.75 Å². The second kappa shape index (κ2) is 6.43. The largest absolute Gasteiger partial charge is 0.498 e. The molecule has 136 valence electrons. The average molecular weight is 350 g/mol. The number of aryl methyl sites for hydroxylation is 1. The van der Waals surface area contributed by atoms with E-state index in [0.29, 0.717) is 6.61 Å². The first-order valence-corrected chi connectivity index (χ1v) is 9.54. The summed E-state index contributed by atoms with van der Waals surface area (Å²) in [7, 11) is -0.392. The van der Waals surface area contributed by atoms with Crippen molar-refractivity contribution < 1.29 is 14.0 Å². The Morgan fingerprint density at radius 3 is 2.31 bits per heavy atom. The minimum Gasteiger partial charge on any atom is -0.489 e. The fraction of sp³-hybridized carbons (Fsp3) is 0.455. The summed E-state index contributed by atoms with van der Waals surface area (Å²) in [6, 6.07) is 14.7. The number of benzene rings is 2. The third kappa shape index (κ3) is 3.06. The summed E-state index contributed by atoms with van der Waals surface area (Å²) in [6.45, 7) is 8.91. The van der Waals surface area contributed by atoms with Gasteiger partial charge in [-0.25, -0.2) is 0 Å². The van der Waals surface area contributed by atoms with E-state index in [1.165, 1.54) is 23.1 Å². The van der Waals surface area contributed by atoms with Gasteiger partial charge in [0.05, 0.1) is 11.2 Å². The standard InChI is InChI=1S/C22H27BO3/c1-21(2)22(3,4)26-23(25-21)19-14-13-17-11-8-12-18(17)20(19)24-15-16-9-6-5-7-10-16/h5-7,9-10,13-14H,8,11-12,15H2,1-4H3. The van der Waals surface area contributed by atoms with Crippen LogP contribution in [0.25, 0.3) is 0 Å². The molecule has 0 radical (unpaired) electrons. The van der Waals surface area contributed by atoms with Gasteiger partial charge in [0.25, 0.3) is 0 Å². The normalized spacial score (nSPS) is 20.2. The minimum absolute atomic E-state index is 0.354. The van der Waals surface area contributed by atoms with E-state index in [1.54, 1.807) is 0 Å². The van der Waals surface area contributed by atoms with Gasteiger partial charge in [0.1, 0.15) is 12.4 Å². The molecule has 1 fully saturated rings. The van der Waals surface area contributed by atoms with Crippen LogP contribution in [0.2, 0.25) is 0 Å². The highest BCUT2D eigenvalue weighted by Crippen LogP contribution is 2.38. The number of rotatable bonds is 4. The van der Waals surface area contributed by atoms with Crippen LogP contribution in [0.4, 0.5) is 0 Å². The van der Waals surface area contributed by atoms with Crippen molar-refractivity contribution in [2.24, 2.45) is 0 Å². The molecule has 0 atom stereocenters. The molecule has 4 heteroatoms. The highest BCUT2D eigenvalue weighted by molar-refractivity contribution is 6.63. The molecule has 0 aromatic heterocycles. The molecular formula is C22H27BO3. The molecule has 2 aromatic rings. The predicted octanol–water partition coefficient (Wildman–Crippen LogP) is 4.05. The lowest BCUT2D eigenvalue weighted by Gasteiger charge is -2.32. The summed E-state index contributed by atoms with van der Waals surface area (Å²) in [5.74, 6) is 0.961. The lowest BCUT2D eigenvalue weighted by atomic mass is 9.77. The summed E-state index contributed by atoms with van der Waals surface area (Å²) >= 11 is 0. The van der Waals surface area contributed by atoms with Crippen LogP contribution in [-0.4, -0.2) is 18.3 Å². The Bertz CT molecular complexity index is 783. The van der Waals surface area contributed by atoms with Crippen LogP contribution < -0.4 is 10.2 Å². The highest BCUT2D eigenvalue weighted by Gasteiger charge is 2.52. The Morgan fingerprint density at radius 2 is 1.62 bits per heavy atom. The lowest BCUT2D eigenvalue weighted by molar-refractivity contribution is 0.00578. The molecule has 1 aliphatic heterocycles. The SMILES string of the molecule is CC1(C)OB(c2ccc3c(c2OCc2ccccc2)CCC3)OC1(C)C. The van der Waals surface area contributed by atoms with Crippen molar-refractivity contribution in [2.45, 2.75) is 64.8 Å². The maximum atomic E-state index is 6.35. The Balaban J connectivity index is 1.67. The van der Waals surface area contributed by atoms with Crippen LogP contribution in [0.15, 0.2) is 42.5 Å². The fourth-order valence-corrected chi connectivity index (χ4v) is 3.71. The average Bonchev–Trinajstić information content (AvgIpc) is 3.15. The zero-order valence-corrected chi connectivity index (χ0v) is 16.2. The van der Waals surface area contributed by atoms with Gasteiger partial charge in [-0.15, -0.1) is 0 Å². The third-order valence-electron chi connectivity index (χ3n) is 5.99. The van der Waals surface area contributed by atoms with E-state index in [2.05, 4.69) is 52.0 Å². The van der Waals surface area contributed by atoms with E-state index in [0.717, 1.165) is 24.1 Å². The van der Waals surface area contributed by atoms with Crippen molar-refractivity contribution in [3.63, 3.8) is 0 Å². The first kappa shape index (κ1) is 17.6. The molecule has 0 spiro atoms. The molecule has 0 amide bonds. The minimum atomic E-state index is -0.392. The van der Waals surface area contributed by atoms with Gasteiger partial charge in [-0.2, -0.15) is 0 Å². The molecule has 26 heavy (non-hydrogen) atoms. The molecule has 3 nitrogen and oxygen atoms in total. The maximum absolute atomic E-state index is 6.35. The van der Waals surface area contributed by atoms with E-state index in [1.807, 2.05) is 18.2 Å². The highest BCUT2D eigenvalue weighted by atomic mass is 16.7. The monoisotopic (exact) mass is 350 g/mol. The number of fused-ring (bicyclic) bond motifs is 1. The van der Waals surface area contributed by atoms with Crippen molar-refractivity contribution in [3.05, 3.63) is 59.2 Å². The summed E-state index contributed by atoms with van der Waals surface area (Å²) in [4.78, 5) is 0. The van der Waals surface area contributed by atoms with E-state index >= 15 is 0 Å². The van der Waals surface area contributed by atoms with Crippen LogP contribution in [0, 0.1) is 0 Å². The van der Waals surface area contributed by atoms with Crippen LogP contribution in [0.3, 0.4) is 0 Å². The van der Waals surface area contributed by atoms with Gasteiger partial charge < -0.3 is 14.0 Å². The Morgan fingerprint density at radius 1 is 0.923 bits per heavy atom. The molecule has 2 aromatic carbocycles. The smallest absolute Gasteiger partial charge is 0.489 e. The molecule has 0 bridgehead atoms. The van der Waals surface area contributed by atoms with Crippen LogP contribution >= 0.6 is 0 Å². The Labute approximate surface area is 156 Å². The second-order valence-corrected chi connectivity index (χ2v) is 8.34. The van der Waals surface area contributed by atoms with Gasteiger partial charge in [-0.1, -0.05) is 42.5 Å². The van der Waals surface area contributed by atoms with Gasteiger partial charge in [0.2, 0.25) is 0 Å². The first-order chi connectivity index (χ1) is 12.4. The quantitative estimate of drug-likeness (QED) is 0.779. The van der Waals surface area contributed by atoms with Crippen molar-refractivity contribution in [1.29, 1.82) is 0 Å². The topological polar surface area (TPSA) is 27.7 Å². The van der Waals surface area contributed by atoms with E-state index in [4.69, 9.17) is 14.0 Å². The zero-order chi connectivity index (χ0) is 18.4. The van der Waals surface area contributed by atoms with Crippen LogP contribution in [-0.2, 0) is 28.8 Å². The van der Waals surface area contributed by atoms with Crippen molar-refractivity contribution >= 4 is 12.6 Å². The Kier molecular flexibility index (Phi) is 4.36. The van der Waals surface area contributed by atoms with Gasteiger partial charge >= 0.3 is 7.12 Å². The van der Waals surface area contributed by atoms with E-state index in [-0.39, 0.29) is 11.2 Å². The summed E-state index contributed by atoms with van der Waals surface area (Å²) < 4.78 is 19.0. The predicted molar refractivity (Wildman–Crippen MR) is 105 cm³/mol. The molecule has 2 aliphatic rings. The number of hydrogen-bond acceptors (Lipinski definition) is 3. The van der Waals surface area contributed by atoms with Crippen LogP contribution in [0.5, 0.6) is 5.75 Å².